The Hall–Kier alpha value is -3.64. The van der Waals surface area contributed by atoms with Gasteiger partial charge in [-0.3, -0.25) is 4.98 Å². The zero-order chi connectivity index (χ0) is 20.1. The molecule has 0 aliphatic heterocycles. The number of carbonyl (C=O) groups excluding carboxylic acids is 1. The van der Waals surface area contributed by atoms with E-state index >= 15 is 0 Å². The van der Waals surface area contributed by atoms with Gasteiger partial charge in [-0.15, -0.1) is 0 Å². The van der Waals surface area contributed by atoms with Crippen LogP contribution in [0.1, 0.15) is 21.7 Å². The second-order valence-electron chi connectivity index (χ2n) is 6.31. The zero-order valence-corrected chi connectivity index (χ0v) is 15.8. The summed E-state index contributed by atoms with van der Waals surface area (Å²) < 4.78 is 22.4. The summed E-state index contributed by atoms with van der Waals surface area (Å²) in [5, 5.41) is 0.835. The lowest BCUT2D eigenvalue weighted by molar-refractivity contribution is 0.0430. The maximum atomic E-state index is 12.7. The largest absolute Gasteiger partial charge is 0.455 e. The van der Waals surface area contributed by atoms with Gasteiger partial charge in [0.15, 0.2) is 0 Å². The molecule has 6 heteroatoms. The molecule has 0 saturated heterocycles. The van der Waals surface area contributed by atoms with Crippen molar-refractivity contribution in [2.45, 2.75) is 13.2 Å². The molecule has 0 N–H and O–H groups in total. The molecule has 0 aliphatic rings. The summed E-state index contributed by atoms with van der Waals surface area (Å²) in [6, 6.07) is 18.4. The molecular weight excluding hydrogens is 370 g/mol. The van der Waals surface area contributed by atoms with Gasteiger partial charge in [0.05, 0.1) is 12.8 Å². The Kier molecular flexibility index (Phi) is 5.54. The van der Waals surface area contributed by atoms with Gasteiger partial charge in [-0.1, -0.05) is 36.4 Å². The number of esters is 1. The van der Waals surface area contributed by atoms with Crippen molar-refractivity contribution in [2.24, 2.45) is 0 Å². The Balaban J connectivity index is 1.54. The molecule has 0 fully saturated rings. The van der Waals surface area contributed by atoms with Gasteiger partial charge in [0.25, 0.3) is 0 Å². The van der Waals surface area contributed by atoms with Crippen LogP contribution in [-0.2, 0) is 22.7 Å². The number of benzene rings is 2. The van der Waals surface area contributed by atoms with Crippen molar-refractivity contribution in [1.82, 2.24) is 4.98 Å². The fourth-order valence-electron chi connectivity index (χ4n) is 3.02. The van der Waals surface area contributed by atoms with Crippen molar-refractivity contribution >= 4 is 16.9 Å². The minimum Gasteiger partial charge on any atom is -0.455 e. The Bertz CT molecular complexity index is 1120. The van der Waals surface area contributed by atoms with Crippen LogP contribution < -0.4 is 4.74 Å². The number of pyridine rings is 1. The molecule has 2 aromatic heterocycles. The van der Waals surface area contributed by atoms with Crippen LogP contribution in [0.3, 0.4) is 0 Å². The predicted molar refractivity (Wildman–Crippen MR) is 107 cm³/mol. The maximum Gasteiger partial charge on any atom is 0.374 e. The Morgan fingerprint density at radius 1 is 1.00 bits per heavy atom. The maximum absolute atomic E-state index is 12.7. The highest BCUT2D eigenvalue weighted by Gasteiger charge is 2.22. The average Bonchev–Trinajstić information content (AvgIpc) is 3.13. The van der Waals surface area contributed by atoms with Crippen molar-refractivity contribution in [3.05, 3.63) is 89.9 Å². The molecule has 6 nitrogen and oxygen atoms in total. The summed E-state index contributed by atoms with van der Waals surface area (Å²) in [6.45, 7) is 0.293. The number of ether oxygens (including phenoxy) is 3. The van der Waals surface area contributed by atoms with E-state index in [0.717, 1.165) is 10.9 Å². The molecule has 0 amide bonds. The first kappa shape index (κ1) is 18.7. The molecule has 146 valence electrons. The highest BCUT2D eigenvalue weighted by molar-refractivity contribution is 5.96. The van der Waals surface area contributed by atoms with Gasteiger partial charge >= 0.3 is 5.97 Å². The smallest absolute Gasteiger partial charge is 0.374 e. The summed E-state index contributed by atoms with van der Waals surface area (Å²) in [5.41, 5.74) is 2.02. The molecule has 4 aromatic rings. The van der Waals surface area contributed by atoms with Gasteiger partial charge in [0.1, 0.15) is 23.7 Å². The number of rotatable bonds is 7. The Morgan fingerprint density at radius 3 is 2.66 bits per heavy atom. The van der Waals surface area contributed by atoms with Crippen molar-refractivity contribution in [3.8, 4) is 11.5 Å². The average molecular weight is 389 g/mol. The minimum absolute atomic E-state index is 0.0404. The molecular formula is C23H19NO5. The van der Waals surface area contributed by atoms with Crippen LogP contribution >= 0.6 is 0 Å². The van der Waals surface area contributed by atoms with E-state index in [-0.39, 0.29) is 19.0 Å². The SMILES string of the molecule is COCc1c(C(=O)OCc2ccccc2Oc2cccnc2)oc2ccccc12. The lowest BCUT2D eigenvalue weighted by Gasteiger charge is -2.11. The molecule has 2 heterocycles. The van der Waals surface area contributed by atoms with E-state index in [4.69, 9.17) is 18.6 Å². The van der Waals surface area contributed by atoms with E-state index in [1.807, 2.05) is 48.5 Å². The molecule has 0 saturated carbocycles. The molecule has 2 aromatic carbocycles. The van der Waals surface area contributed by atoms with Crippen LogP contribution in [0.5, 0.6) is 11.5 Å². The van der Waals surface area contributed by atoms with Crippen LogP contribution in [0.4, 0.5) is 0 Å². The van der Waals surface area contributed by atoms with E-state index in [2.05, 4.69) is 4.98 Å². The summed E-state index contributed by atoms with van der Waals surface area (Å²) in [6.07, 6.45) is 3.29. The second-order valence-corrected chi connectivity index (χ2v) is 6.31. The highest BCUT2D eigenvalue weighted by atomic mass is 16.5. The first-order valence-corrected chi connectivity index (χ1v) is 9.08. The monoisotopic (exact) mass is 389 g/mol. The predicted octanol–water partition coefficient (Wildman–Crippen LogP) is 5.12. The second kappa shape index (κ2) is 8.58. The number of fused-ring (bicyclic) bond motifs is 1. The number of aromatic nitrogens is 1. The van der Waals surface area contributed by atoms with Crippen molar-refractivity contribution in [1.29, 1.82) is 0 Å². The standard InChI is InChI=1S/C23H19NO5/c1-26-15-19-18-9-3-5-11-21(18)29-22(19)23(25)27-14-16-7-2-4-10-20(16)28-17-8-6-12-24-13-17/h2-13H,14-15H2,1H3. The number of hydrogen-bond acceptors (Lipinski definition) is 6. The van der Waals surface area contributed by atoms with Crippen molar-refractivity contribution in [2.75, 3.05) is 7.11 Å². The Labute approximate surface area is 167 Å². The molecule has 0 radical (unpaired) electrons. The van der Waals surface area contributed by atoms with E-state index in [9.17, 15) is 4.79 Å². The Morgan fingerprint density at radius 2 is 1.83 bits per heavy atom. The molecule has 0 unspecified atom stereocenters. The third-order valence-corrected chi connectivity index (χ3v) is 4.37. The van der Waals surface area contributed by atoms with Gasteiger partial charge in [0.2, 0.25) is 5.76 Å². The summed E-state index contributed by atoms with van der Waals surface area (Å²) >= 11 is 0. The lowest BCUT2D eigenvalue weighted by atomic mass is 10.1. The number of furan rings is 1. The first-order valence-electron chi connectivity index (χ1n) is 9.08. The normalized spacial score (nSPS) is 10.8. The molecule has 0 atom stereocenters. The zero-order valence-electron chi connectivity index (χ0n) is 15.8. The van der Waals surface area contributed by atoms with Crippen LogP contribution in [0, 0.1) is 0 Å². The van der Waals surface area contributed by atoms with Gasteiger partial charge in [-0.25, -0.2) is 4.79 Å². The van der Waals surface area contributed by atoms with Gasteiger partial charge in [0, 0.05) is 29.8 Å². The number of hydrogen-bond donors (Lipinski definition) is 0. The summed E-state index contributed by atoms with van der Waals surface area (Å²) in [7, 11) is 1.57. The van der Waals surface area contributed by atoms with E-state index < -0.39 is 5.97 Å². The summed E-state index contributed by atoms with van der Waals surface area (Å²) in [4.78, 5) is 16.8. The molecule has 0 spiro atoms. The summed E-state index contributed by atoms with van der Waals surface area (Å²) in [5.74, 6) is 0.795. The van der Waals surface area contributed by atoms with Crippen molar-refractivity contribution in [3.63, 3.8) is 0 Å². The molecule has 4 rings (SSSR count). The molecule has 0 aliphatic carbocycles. The van der Waals surface area contributed by atoms with Crippen LogP contribution in [0.15, 0.2) is 77.5 Å². The quantitative estimate of drug-likeness (QED) is 0.408. The third-order valence-electron chi connectivity index (χ3n) is 4.37. The van der Waals surface area contributed by atoms with E-state index in [1.54, 1.807) is 31.6 Å². The van der Waals surface area contributed by atoms with Gasteiger partial charge < -0.3 is 18.6 Å². The fraction of sp³-hybridized carbons (Fsp3) is 0.130. The number of nitrogens with zero attached hydrogens (tertiary/aromatic N) is 1. The number of carbonyl (C=O) groups is 1. The van der Waals surface area contributed by atoms with Crippen LogP contribution in [0.25, 0.3) is 11.0 Å². The number of para-hydroxylation sites is 2. The lowest BCUT2D eigenvalue weighted by Crippen LogP contribution is -2.08. The van der Waals surface area contributed by atoms with E-state index in [1.165, 1.54) is 0 Å². The van der Waals surface area contributed by atoms with E-state index in [0.29, 0.717) is 22.6 Å². The first-order chi connectivity index (χ1) is 14.3. The third kappa shape index (κ3) is 4.12. The van der Waals surface area contributed by atoms with Gasteiger partial charge in [-0.05, 0) is 24.3 Å². The topological polar surface area (TPSA) is 70.8 Å². The van der Waals surface area contributed by atoms with Crippen molar-refractivity contribution < 1.29 is 23.4 Å². The van der Waals surface area contributed by atoms with Gasteiger partial charge in [-0.2, -0.15) is 0 Å². The molecule has 0 bridgehead atoms. The molecule has 29 heavy (non-hydrogen) atoms. The highest BCUT2D eigenvalue weighted by Crippen LogP contribution is 2.29. The number of methoxy groups -OCH3 is 1. The van der Waals surface area contributed by atoms with Crippen LogP contribution in [0.2, 0.25) is 0 Å². The minimum atomic E-state index is -0.551. The van der Waals surface area contributed by atoms with Crippen LogP contribution in [-0.4, -0.2) is 18.1 Å². The fourth-order valence-corrected chi connectivity index (χ4v) is 3.02.